The van der Waals surface area contributed by atoms with Crippen molar-refractivity contribution in [2.24, 2.45) is 0 Å². The maximum Gasteiger partial charge on any atom is 0.341 e. The van der Waals surface area contributed by atoms with E-state index in [2.05, 4.69) is 5.32 Å². The number of nitro groups is 1. The van der Waals surface area contributed by atoms with Gasteiger partial charge >= 0.3 is 5.97 Å². The molecule has 0 bridgehead atoms. The summed E-state index contributed by atoms with van der Waals surface area (Å²) >= 11 is 0. The van der Waals surface area contributed by atoms with E-state index in [9.17, 15) is 19.7 Å². The van der Waals surface area contributed by atoms with E-state index in [0.29, 0.717) is 12.2 Å². The minimum absolute atomic E-state index is 0.0372. The maximum atomic E-state index is 12.5. The van der Waals surface area contributed by atoms with Crippen LogP contribution >= 0.6 is 0 Å². The largest absolute Gasteiger partial charge is 0.452 e. The van der Waals surface area contributed by atoms with Gasteiger partial charge in [0.15, 0.2) is 6.61 Å². The van der Waals surface area contributed by atoms with Crippen molar-refractivity contribution in [2.45, 2.75) is 45.1 Å². The topological polar surface area (TPSA) is 102 Å². The molecule has 1 aromatic rings. The van der Waals surface area contributed by atoms with E-state index in [1.54, 1.807) is 11.9 Å². The lowest BCUT2D eigenvalue weighted by Crippen LogP contribution is -2.43. The van der Waals surface area contributed by atoms with Gasteiger partial charge in [0.1, 0.15) is 0 Å². The molecule has 1 N–H and O–H groups in total. The van der Waals surface area contributed by atoms with Crippen LogP contribution in [0.5, 0.6) is 0 Å². The summed E-state index contributed by atoms with van der Waals surface area (Å²) in [5.74, 6) is -0.990. The third-order valence-electron chi connectivity index (χ3n) is 4.71. The van der Waals surface area contributed by atoms with Gasteiger partial charge in [0.05, 0.1) is 10.5 Å². The Morgan fingerprint density at radius 1 is 1.31 bits per heavy atom. The van der Waals surface area contributed by atoms with Crippen LogP contribution in [-0.2, 0) is 9.53 Å². The molecule has 1 aliphatic carbocycles. The highest BCUT2D eigenvalue weighted by Crippen LogP contribution is 2.24. The van der Waals surface area contributed by atoms with E-state index < -0.39 is 10.9 Å². The van der Waals surface area contributed by atoms with Crippen LogP contribution in [0.25, 0.3) is 0 Å². The molecule has 1 saturated carbocycles. The first-order valence-corrected chi connectivity index (χ1v) is 8.90. The molecule has 0 saturated heterocycles. The molecule has 0 radical (unpaired) electrons. The number of nitro benzene ring substituents is 1. The summed E-state index contributed by atoms with van der Waals surface area (Å²) in [6, 6.07) is 4.09. The molecule has 0 atom stereocenters. The number of carbonyl (C=O) groups excluding carboxylic acids is 2. The predicted octanol–water partition coefficient (Wildman–Crippen LogP) is 2.97. The lowest BCUT2D eigenvalue weighted by atomic mass is 9.94. The Morgan fingerprint density at radius 3 is 2.58 bits per heavy atom. The summed E-state index contributed by atoms with van der Waals surface area (Å²) in [5, 5.41) is 13.7. The summed E-state index contributed by atoms with van der Waals surface area (Å²) in [4.78, 5) is 36.9. The summed E-state index contributed by atoms with van der Waals surface area (Å²) < 4.78 is 5.15. The average molecular weight is 363 g/mol. The molecular weight excluding hydrogens is 338 g/mol. The molecule has 1 fully saturated rings. The van der Waals surface area contributed by atoms with E-state index in [4.69, 9.17) is 4.74 Å². The second-order valence-electron chi connectivity index (χ2n) is 6.28. The van der Waals surface area contributed by atoms with Crippen LogP contribution < -0.4 is 5.32 Å². The number of rotatable bonds is 7. The van der Waals surface area contributed by atoms with Gasteiger partial charge in [-0.1, -0.05) is 19.3 Å². The first-order valence-electron chi connectivity index (χ1n) is 8.90. The van der Waals surface area contributed by atoms with Gasteiger partial charge in [0.25, 0.3) is 11.6 Å². The zero-order chi connectivity index (χ0) is 19.1. The number of benzene rings is 1. The number of anilines is 1. The molecule has 0 aliphatic heterocycles. The van der Waals surface area contributed by atoms with Crippen LogP contribution in [0.1, 0.15) is 49.4 Å². The third kappa shape index (κ3) is 4.71. The van der Waals surface area contributed by atoms with Crippen LogP contribution in [0, 0.1) is 10.1 Å². The minimum Gasteiger partial charge on any atom is -0.452 e. The van der Waals surface area contributed by atoms with Crippen LogP contribution in [0.4, 0.5) is 11.4 Å². The number of nitrogens with one attached hydrogen (secondary N) is 1. The molecule has 8 nitrogen and oxygen atoms in total. The Labute approximate surface area is 152 Å². The van der Waals surface area contributed by atoms with E-state index in [-0.39, 0.29) is 29.8 Å². The molecular formula is C18H25N3O5. The summed E-state index contributed by atoms with van der Waals surface area (Å²) in [7, 11) is 1.60. The van der Waals surface area contributed by atoms with Gasteiger partial charge in [-0.05, 0) is 25.8 Å². The fourth-order valence-electron chi connectivity index (χ4n) is 3.35. The molecule has 1 amide bonds. The van der Waals surface area contributed by atoms with E-state index in [1.165, 1.54) is 18.6 Å². The van der Waals surface area contributed by atoms with E-state index in [1.807, 2.05) is 6.92 Å². The van der Waals surface area contributed by atoms with Gasteiger partial charge in [-0.3, -0.25) is 14.9 Å². The average Bonchev–Trinajstić information content (AvgIpc) is 2.66. The lowest BCUT2D eigenvalue weighted by molar-refractivity contribution is -0.384. The number of nitrogens with zero attached hydrogens (tertiary/aromatic N) is 2. The van der Waals surface area contributed by atoms with Gasteiger partial charge < -0.3 is 15.0 Å². The highest BCUT2D eigenvalue weighted by Gasteiger charge is 2.25. The van der Waals surface area contributed by atoms with Crippen LogP contribution in [-0.4, -0.2) is 47.9 Å². The van der Waals surface area contributed by atoms with Crippen molar-refractivity contribution < 1.29 is 19.2 Å². The number of amides is 1. The SMILES string of the molecule is CCN(C(=O)COC(=O)c1cc([N+](=O)[O-])ccc1NC)C1CCCCC1. The van der Waals surface area contributed by atoms with E-state index in [0.717, 1.165) is 31.7 Å². The van der Waals surface area contributed by atoms with Crippen molar-refractivity contribution in [2.75, 3.05) is 25.5 Å². The Morgan fingerprint density at radius 2 is 2.00 bits per heavy atom. The first-order chi connectivity index (χ1) is 12.5. The Bertz CT molecular complexity index is 671. The third-order valence-corrected chi connectivity index (χ3v) is 4.71. The molecule has 8 heteroatoms. The molecule has 142 valence electrons. The number of likely N-dealkylation sites (N-methyl/N-ethyl adjacent to an activating group) is 1. The molecule has 0 unspecified atom stereocenters. The summed E-state index contributed by atoms with van der Waals surface area (Å²) in [6.07, 6.45) is 5.35. The standard InChI is InChI=1S/C18H25N3O5/c1-3-20(13-7-5-4-6-8-13)17(22)12-26-18(23)15-11-14(21(24)25)9-10-16(15)19-2/h9-11,13,19H,3-8,12H2,1-2H3. The van der Waals surface area contributed by atoms with Crippen molar-refractivity contribution >= 4 is 23.3 Å². The highest BCUT2D eigenvalue weighted by atomic mass is 16.6. The Hall–Kier alpha value is -2.64. The normalized spacial score (nSPS) is 14.5. The van der Waals surface area contributed by atoms with Crippen LogP contribution in [0.3, 0.4) is 0 Å². The predicted molar refractivity (Wildman–Crippen MR) is 97.2 cm³/mol. The number of esters is 1. The number of carbonyl (C=O) groups is 2. The fourth-order valence-corrected chi connectivity index (χ4v) is 3.35. The number of hydrogen-bond acceptors (Lipinski definition) is 6. The van der Waals surface area contributed by atoms with Gasteiger partial charge in [0.2, 0.25) is 0 Å². The quantitative estimate of drug-likeness (QED) is 0.454. The molecule has 26 heavy (non-hydrogen) atoms. The maximum absolute atomic E-state index is 12.5. The highest BCUT2D eigenvalue weighted by molar-refractivity contribution is 5.97. The summed E-state index contributed by atoms with van der Waals surface area (Å²) in [5.41, 5.74) is 0.238. The second-order valence-corrected chi connectivity index (χ2v) is 6.28. The van der Waals surface area contributed by atoms with Gasteiger partial charge in [-0.15, -0.1) is 0 Å². The van der Waals surface area contributed by atoms with Crippen LogP contribution in [0.2, 0.25) is 0 Å². The number of hydrogen-bond donors (Lipinski definition) is 1. The first kappa shape index (κ1) is 19.7. The zero-order valence-corrected chi connectivity index (χ0v) is 15.2. The molecule has 0 aromatic heterocycles. The summed E-state index contributed by atoms with van der Waals surface area (Å²) in [6.45, 7) is 2.11. The molecule has 1 aromatic carbocycles. The monoisotopic (exact) mass is 363 g/mol. The van der Waals surface area contributed by atoms with Crippen molar-refractivity contribution in [3.8, 4) is 0 Å². The van der Waals surface area contributed by atoms with Crippen molar-refractivity contribution in [3.05, 3.63) is 33.9 Å². The lowest BCUT2D eigenvalue weighted by Gasteiger charge is -2.33. The van der Waals surface area contributed by atoms with Crippen molar-refractivity contribution in [1.82, 2.24) is 4.90 Å². The van der Waals surface area contributed by atoms with E-state index >= 15 is 0 Å². The van der Waals surface area contributed by atoms with Crippen molar-refractivity contribution in [1.29, 1.82) is 0 Å². The van der Waals surface area contributed by atoms with Gasteiger partial charge in [0, 0.05) is 37.5 Å². The number of ether oxygens (including phenoxy) is 1. The molecule has 0 spiro atoms. The molecule has 0 heterocycles. The smallest absolute Gasteiger partial charge is 0.341 e. The van der Waals surface area contributed by atoms with Crippen molar-refractivity contribution in [3.63, 3.8) is 0 Å². The molecule has 2 rings (SSSR count). The van der Waals surface area contributed by atoms with Gasteiger partial charge in [-0.2, -0.15) is 0 Å². The molecule has 1 aliphatic rings. The van der Waals surface area contributed by atoms with Gasteiger partial charge in [-0.25, -0.2) is 4.79 Å². The number of non-ortho nitro benzene ring substituents is 1. The van der Waals surface area contributed by atoms with Crippen LogP contribution in [0.15, 0.2) is 18.2 Å². The Kier molecular flexibility index (Phi) is 6.94. The second kappa shape index (κ2) is 9.17. The zero-order valence-electron chi connectivity index (χ0n) is 15.2. The Balaban J connectivity index is 2.04. The minimum atomic E-state index is -0.758. The fraction of sp³-hybridized carbons (Fsp3) is 0.556.